The van der Waals surface area contributed by atoms with E-state index in [9.17, 15) is 24.9 Å². The number of ether oxygens (including phenoxy) is 2. The number of hydrogen-bond acceptors (Lipinski definition) is 8. The zero-order valence-electron chi connectivity index (χ0n) is 8.65. The van der Waals surface area contributed by atoms with E-state index in [0.717, 1.165) is 0 Å². The minimum atomic E-state index is -2.68. The normalized spacial score (nSPS) is 46.8. The van der Waals surface area contributed by atoms with Gasteiger partial charge in [0.2, 0.25) is 17.2 Å². The van der Waals surface area contributed by atoms with Crippen molar-refractivity contribution in [1.29, 1.82) is 0 Å². The predicted octanol–water partition coefficient (Wildman–Crippen LogP) is -3.68. The lowest BCUT2D eigenvalue weighted by Gasteiger charge is -2.27. The zero-order valence-corrected chi connectivity index (χ0v) is 8.65. The van der Waals surface area contributed by atoms with Crippen LogP contribution in [0.4, 0.5) is 0 Å². The van der Waals surface area contributed by atoms with Gasteiger partial charge in [-0.25, -0.2) is 0 Å². The average Bonchev–Trinajstić information content (AvgIpc) is 2.86. The molecule has 2 fully saturated rings. The molecule has 1 saturated heterocycles. The van der Waals surface area contributed by atoms with Gasteiger partial charge in [-0.1, -0.05) is 0 Å². The maximum atomic E-state index is 11.6. The van der Waals surface area contributed by atoms with E-state index in [4.69, 9.17) is 14.6 Å². The Morgan fingerprint density at radius 3 is 2.18 bits per heavy atom. The SMILES string of the molecule is O=C1C(O)C(O)C(=O)C1(O)C1OCOC1CO. The van der Waals surface area contributed by atoms with Crippen molar-refractivity contribution in [3.8, 4) is 0 Å². The molecule has 0 amide bonds. The molecule has 1 aliphatic heterocycles. The van der Waals surface area contributed by atoms with E-state index in [0.29, 0.717) is 0 Å². The summed E-state index contributed by atoms with van der Waals surface area (Å²) >= 11 is 0. The first-order valence-electron chi connectivity index (χ1n) is 4.95. The Balaban J connectivity index is 2.35. The monoisotopic (exact) mass is 248 g/mol. The van der Waals surface area contributed by atoms with Gasteiger partial charge in [-0.3, -0.25) is 9.59 Å². The van der Waals surface area contributed by atoms with Crippen molar-refractivity contribution in [3.63, 3.8) is 0 Å². The molecular weight excluding hydrogens is 236 g/mol. The van der Waals surface area contributed by atoms with Crippen LogP contribution in [0.15, 0.2) is 0 Å². The highest BCUT2D eigenvalue weighted by molar-refractivity contribution is 6.21. The Hall–Kier alpha value is -0.900. The summed E-state index contributed by atoms with van der Waals surface area (Å²) < 4.78 is 9.74. The van der Waals surface area contributed by atoms with Crippen LogP contribution < -0.4 is 0 Å². The van der Waals surface area contributed by atoms with Gasteiger partial charge in [0, 0.05) is 0 Å². The van der Waals surface area contributed by atoms with Crippen LogP contribution in [0.3, 0.4) is 0 Å². The lowest BCUT2D eigenvalue weighted by molar-refractivity contribution is -0.162. The van der Waals surface area contributed by atoms with Crippen molar-refractivity contribution in [1.82, 2.24) is 0 Å². The van der Waals surface area contributed by atoms with Gasteiger partial charge < -0.3 is 29.9 Å². The maximum Gasteiger partial charge on any atom is 0.216 e. The molecule has 8 heteroatoms. The lowest BCUT2D eigenvalue weighted by Crippen LogP contribution is -2.57. The molecule has 0 spiro atoms. The van der Waals surface area contributed by atoms with Gasteiger partial charge in [-0.2, -0.15) is 0 Å². The topological polar surface area (TPSA) is 134 Å². The molecule has 0 radical (unpaired) electrons. The molecule has 4 atom stereocenters. The summed E-state index contributed by atoms with van der Waals surface area (Å²) in [6, 6.07) is 0. The second kappa shape index (κ2) is 4.09. The molecule has 1 heterocycles. The van der Waals surface area contributed by atoms with Crippen LogP contribution >= 0.6 is 0 Å². The van der Waals surface area contributed by atoms with Gasteiger partial charge in [-0.05, 0) is 0 Å². The number of aliphatic hydroxyl groups excluding tert-OH is 3. The Labute approximate surface area is 95.4 Å². The number of Topliss-reactive ketones (excluding diaryl/α,β-unsaturated/α-hetero) is 2. The fourth-order valence-electron chi connectivity index (χ4n) is 2.07. The van der Waals surface area contributed by atoms with Crippen LogP contribution in [0.5, 0.6) is 0 Å². The van der Waals surface area contributed by atoms with Gasteiger partial charge in [0.25, 0.3) is 0 Å². The van der Waals surface area contributed by atoms with Crippen LogP contribution in [-0.4, -0.2) is 75.4 Å². The summed E-state index contributed by atoms with van der Waals surface area (Å²) in [7, 11) is 0. The summed E-state index contributed by atoms with van der Waals surface area (Å²) in [5.74, 6) is -2.49. The van der Waals surface area contributed by atoms with E-state index in [2.05, 4.69) is 0 Å². The molecule has 8 nitrogen and oxygen atoms in total. The molecule has 96 valence electrons. The third-order valence-electron chi connectivity index (χ3n) is 3.05. The fourth-order valence-corrected chi connectivity index (χ4v) is 2.07. The number of carbonyl (C=O) groups is 2. The fraction of sp³-hybridized carbons (Fsp3) is 0.778. The van der Waals surface area contributed by atoms with Crippen molar-refractivity contribution in [3.05, 3.63) is 0 Å². The van der Waals surface area contributed by atoms with Crippen LogP contribution in [-0.2, 0) is 19.1 Å². The molecule has 2 aliphatic rings. The zero-order chi connectivity index (χ0) is 12.8. The Kier molecular flexibility index (Phi) is 3.02. The van der Waals surface area contributed by atoms with Crippen molar-refractivity contribution in [2.24, 2.45) is 0 Å². The molecule has 0 aromatic carbocycles. The number of rotatable bonds is 2. The van der Waals surface area contributed by atoms with E-state index in [-0.39, 0.29) is 6.79 Å². The summed E-state index contributed by atoms with van der Waals surface area (Å²) in [6.45, 7) is -0.870. The second-order valence-electron chi connectivity index (χ2n) is 3.98. The van der Waals surface area contributed by atoms with Crippen molar-refractivity contribution < 1.29 is 39.5 Å². The van der Waals surface area contributed by atoms with E-state index in [1.807, 2.05) is 0 Å². The summed E-state index contributed by atoms with van der Waals surface area (Å²) in [4.78, 5) is 23.2. The molecule has 1 aliphatic carbocycles. The van der Waals surface area contributed by atoms with Crippen LogP contribution in [0, 0.1) is 0 Å². The van der Waals surface area contributed by atoms with E-state index < -0.39 is 48.2 Å². The number of carbonyl (C=O) groups excluding carboxylic acids is 2. The van der Waals surface area contributed by atoms with E-state index in [1.165, 1.54) is 0 Å². The Morgan fingerprint density at radius 1 is 1.18 bits per heavy atom. The number of hydrogen-bond donors (Lipinski definition) is 4. The van der Waals surface area contributed by atoms with Gasteiger partial charge in [0.1, 0.15) is 31.2 Å². The lowest BCUT2D eigenvalue weighted by atomic mass is 9.89. The molecule has 4 unspecified atom stereocenters. The van der Waals surface area contributed by atoms with Crippen molar-refractivity contribution >= 4 is 11.6 Å². The largest absolute Gasteiger partial charge is 0.394 e. The number of ketones is 2. The van der Waals surface area contributed by atoms with Crippen molar-refractivity contribution in [2.75, 3.05) is 13.4 Å². The van der Waals surface area contributed by atoms with Gasteiger partial charge >= 0.3 is 0 Å². The smallest absolute Gasteiger partial charge is 0.216 e. The quantitative estimate of drug-likeness (QED) is 0.367. The third-order valence-corrected chi connectivity index (χ3v) is 3.05. The van der Waals surface area contributed by atoms with Gasteiger partial charge in [0.05, 0.1) is 6.61 Å². The summed E-state index contributed by atoms with van der Waals surface area (Å²) in [5, 5.41) is 37.5. The second-order valence-corrected chi connectivity index (χ2v) is 3.98. The van der Waals surface area contributed by atoms with Crippen LogP contribution in [0.1, 0.15) is 0 Å². The Morgan fingerprint density at radius 2 is 1.71 bits per heavy atom. The first-order chi connectivity index (χ1) is 7.94. The molecule has 2 rings (SSSR count). The molecule has 17 heavy (non-hydrogen) atoms. The highest BCUT2D eigenvalue weighted by atomic mass is 16.7. The summed E-state index contributed by atoms with van der Waals surface area (Å²) in [6.07, 6.45) is -6.48. The van der Waals surface area contributed by atoms with Crippen LogP contribution in [0.25, 0.3) is 0 Å². The van der Waals surface area contributed by atoms with Crippen LogP contribution in [0.2, 0.25) is 0 Å². The molecule has 0 bridgehead atoms. The first kappa shape index (κ1) is 12.6. The molecule has 4 N–H and O–H groups in total. The van der Waals surface area contributed by atoms with Gasteiger partial charge in [0.15, 0.2) is 0 Å². The highest BCUT2D eigenvalue weighted by Crippen LogP contribution is 2.33. The predicted molar refractivity (Wildman–Crippen MR) is 48.7 cm³/mol. The average molecular weight is 248 g/mol. The minimum absolute atomic E-state index is 0.301. The molecule has 0 aromatic rings. The minimum Gasteiger partial charge on any atom is -0.394 e. The number of aliphatic hydroxyl groups is 4. The van der Waals surface area contributed by atoms with Crippen molar-refractivity contribution in [2.45, 2.75) is 30.0 Å². The highest BCUT2D eigenvalue weighted by Gasteiger charge is 2.66. The standard InChI is InChI=1S/C9H12O8/c10-1-3-8(17-2-16-3)9(15)6(13)4(11)5(12)7(9)14/h3-5,8,10-12,15H,1-2H2. The van der Waals surface area contributed by atoms with Gasteiger partial charge in [-0.15, -0.1) is 0 Å². The van der Waals surface area contributed by atoms with E-state index >= 15 is 0 Å². The first-order valence-corrected chi connectivity index (χ1v) is 4.95. The Bertz CT molecular complexity index is 333. The molecule has 1 saturated carbocycles. The summed E-state index contributed by atoms with van der Waals surface area (Å²) in [5.41, 5.74) is -2.68. The van der Waals surface area contributed by atoms with E-state index in [1.54, 1.807) is 0 Å². The molecular formula is C9H12O8. The third kappa shape index (κ3) is 1.53. The molecule has 0 aromatic heterocycles. The maximum absolute atomic E-state index is 11.6.